The molecule has 0 saturated heterocycles. The first-order chi connectivity index (χ1) is 12.8. The number of hydrogen-bond acceptors (Lipinski definition) is 4. The molecule has 0 heterocycles. The van der Waals surface area contributed by atoms with Crippen LogP contribution in [-0.2, 0) is 14.3 Å². The molecule has 0 spiro atoms. The van der Waals surface area contributed by atoms with Crippen LogP contribution in [-0.4, -0.2) is 29.6 Å². The molecule has 4 nitrogen and oxygen atoms in total. The molecule has 7 atom stereocenters. The van der Waals surface area contributed by atoms with E-state index in [9.17, 15) is 14.7 Å². The van der Waals surface area contributed by atoms with Crippen LogP contribution in [0.1, 0.15) is 72.1 Å². The molecule has 0 bridgehead atoms. The molecule has 27 heavy (non-hydrogen) atoms. The molecule has 3 fully saturated rings. The number of hydrogen-bond donors (Lipinski definition) is 1. The van der Waals surface area contributed by atoms with E-state index in [-0.39, 0.29) is 41.2 Å². The molecule has 0 aromatic heterocycles. The van der Waals surface area contributed by atoms with Gasteiger partial charge in [-0.25, -0.2) is 0 Å². The average molecular weight is 375 g/mol. The maximum Gasteiger partial charge on any atom is 0.303 e. The van der Waals surface area contributed by atoms with Crippen LogP contribution in [0.3, 0.4) is 0 Å². The standard InChI is InChI=1S/C23H34O4/c1-14(24)27-13-21(26)20-7-6-18-17-5-4-15-12-16(25)8-10-22(15,2)19(17)9-11-23(18,20)3/h4,16-20,25H,5-13H2,1-3H3/t16-,17+,18+,19+,20-,22-,23+/m0/s1. The van der Waals surface area contributed by atoms with Crippen LogP contribution in [0, 0.1) is 34.5 Å². The molecule has 4 rings (SSSR count). The quantitative estimate of drug-likeness (QED) is 0.598. The van der Waals surface area contributed by atoms with Gasteiger partial charge in [0.05, 0.1) is 6.10 Å². The number of Topliss-reactive ketones (excluding diaryl/α,β-unsaturated/α-hetero) is 1. The van der Waals surface area contributed by atoms with Gasteiger partial charge >= 0.3 is 5.97 Å². The summed E-state index contributed by atoms with van der Waals surface area (Å²) in [5.41, 5.74) is 1.78. The van der Waals surface area contributed by atoms with Crippen molar-refractivity contribution in [3.05, 3.63) is 11.6 Å². The smallest absolute Gasteiger partial charge is 0.303 e. The molecule has 0 radical (unpaired) electrons. The van der Waals surface area contributed by atoms with Crippen molar-refractivity contribution in [1.82, 2.24) is 0 Å². The Hall–Kier alpha value is -1.16. The SMILES string of the molecule is CC(=O)OCC(=O)[C@@H]1CC[C@@H]2[C@H]3CC=C4C[C@@H](O)CC[C@]4(C)[C@@H]3CC[C@]21C. The molecule has 1 N–H and O–H groups in total. The summed E-state index contributed by atoms with van der Waals surface area (Å²) in [7, 11) is 0. The van der Waals surface area contributed by atoms with Crippen molar-refractivity contribution in [2.45, 2.75) is 78.2 Å². The summed E-state index contributed by atoms with van der Waals surface area (Å²) >= 11 is 0. The average Bonchev–Trinajstić information content (AvgIpc) is 2.97. The predicted octanol–water partition coefficient (Wildman–Crippen LogP) is 4.06. The van der Waals surface area contributed by atoms with E-state index < -0.39 is 0 Å². The van der Waals surface area contributed by atoms with Crippen LogP contribution in [0.25, 0.3) is 0 Å². The zero-order valence-corrected chi connectivity index (χ0v) is 17.0. The Morgan fingerprint density at radius 1 is 1.15 bits per heavy atom. The number of fused-ring (bicyclic) bond motifs is 5. The molecule has 3 saturated carbocycles. The Morgan fingerprint density at radius 2 is 1.93 bits per heavy atom. The molecule has 0 aromatic rings. The molecule has 0 aromatic carbocycles. The highest BCUT2D eigenvalue weighted by Crippen LogP contribution is 2.66. The van der Waals surface area contributed by atoms with Crippen LogP contribution in [0.4, 0.5) is 0 Å². The third-order valence-corrected chi connectivity index (χ3v) is 8.88. The first-order valence-corrected chi connectivity index (χ1v) is 10.8. The van der Waals surface area contributed by atoms with Crippen molar-refractivity contribution < 1.29 is 19.4 Å². The van der Waals surface area contributed by atoms with Crippen molar-refractivity contribution in [3.63, 3.8) is 0 Å². The van der Waals surface area contributed by atoms with E-state index in [1.54, 1.807) is 0 Å². The van der Waals surface area contributed by atoms with Crippen LogP contribution >= 0.6 is 0 Å². The van der Waals surface area contributed by atoms with Crippen molar-refractivity contribution in [2.24, 2.45) is 34.5 Å². The van der Waals surface area contributed by atoms with Crippen molar-refractivity contribution in [3.8, 4) is 0 Å². The van der Waals surface area contributed by atoms with Crippen LogP contribution < -0.4 is 0 Å². The topological polar surface area (TPSA) is 63.6 Å². The molecule has 0 aliphatic heterocycles. The van der Waals surface area contributed by atoms with Gasteiger partial charge in [0.25, 0.3) is 0 Å². The van der Waals surface area contributed by atoms with Gasteiger partial charge < -0.3 is 9.84 Å². The summed E-state index contributed by atoms with van der Waals surface area (Å²) in [5.74, 6) is 1.71. The highest BCUT2D eigenvalue weighted by Gasteiger charge is 2.59. The molecule has 150 valence electrons. The minimum Gasteiger partial charge on any atom is -0.458 e. The summed E-state index contributed by atoms with van der Waals surface area (Å²) in [6.45, 7) is 6.06. The number of carbonyl (C=O) groups excluding carboxylic acids is 2. The zero-order valence-electron chi connectivity index (χ0n) is 17.0. The van der Waals surface area contributed by atoms with E-state index in [0.717, 1.165) is 44.9 Å². The van der Waals surface area contributed by atoms with Gasteiger partial charge in [0, 0.05) is 12.8 Å². The van der Waals surface area contributed by atoms with Crippen LogP contribution in [0.15, 0.2) is 11.6 Å². The first-order valence-electron chi connectivity index (χ1n) is 10.8. The number of aliphatic hydroxyl groups excluding tert-OH is 1. The molecule has 4 aliphatic rings. The second-order valence-electron chi connectivity index (χ2n) is 10.1. The highest BCUT2D eigenvalue weighted by atomic mass is 16.5. The predicted molar refractivity (Wildman–Crippen MR) is 103 cm³/mol. The van der Waals surface area contributed by atoms with E-state index in [0.29, 0.717) is 17.8 Å². The Kier molecular flexibility index (Phi) is 4.77. The van der Waals surface area contributed by atoms with Gasteiger partial charge in [0.2, 0.25) is 0 Å². The lowest BCUT2D eigenvalue weighted by atomic mass is 9.47. The Bertz CT molecular complexity index is 667. The maximum absolute atomic E-state index is 12.8. The Labute approximate surface area is 162 Å². The summed E-state index contributed by atoms with van der Waals surface area (Å²) in [6, 6.07) is 0. The van der Waals surface area contributed by atoms with Gasteiger partial charge in [-0.15, -0.1) is 0 Å². The summed E-state index contributed by atoms with van der Waals surface area (Å²) in [6.07, 6.45) is 10.6. The van der Waals surface area contributed by atoms with Gasteiger partial charge in [0.1, 0.15) is 6.61 Å². The normalized spacial score (nSPS) is 45.9. The zero-order chi connectivity index (χ0) is 19.4. The monoisotopic (exact) mass is 374 g/mol. The van der Waals surface area contributed by atoms with Crippen LogP contribution in [0.5, 0.6) is 0 Å². The molecule has 0 amide bonds. The highest BCUT2D eigenvalue weighted by molar-refractivity contribution is 5.85. The lowest BCUT2D eigenvalue weighted by Crippen LogP contribution is -2.51. The third kappa shape index (κ3) is 2.99. The number of esters is 1. The second-order valence-corrected chi connectivity index (χ2v) is 10.1. The number of allylic oxidation sites excluding steroid dienone is 1. The molecular weight excluding hydrogens is 340 g/mol. The van der Waals surface area contributed by atoms with E-state index in [2.05, 4.69) is 19.9 Å². The minimum absolute atomic E-state index is 0.0363. The van der Waals surface area contributed by atoms with Crippen molar-refractivity contribution in [2.75, 3.05) is 6.61 Å². The first kappa shape index (κ1) is 19.2. The fourth-order valence-corrected chi connectivity index (χ4v) is 7.44. The number of rotatable bonds is 3. The van der Waals surface area contributed by atoms with E-state index in [1.165, 1.54) is 18.9 Å². The Balaban J connectivity index is 1.55. The number of aliphatic hydroxyl groups is 1. The lowest BCUT2D eigenvalue weighted by Gasteiger charge is -2.57. The third-order valence-electron chi connectivity index (χ3n) is 8.88. The van der Waals surface area contributed by atoms with Crippen molar-refractivity contribution in [1.29, 1.82) is 0 Å². The maximum atomic E-state index is 12.8. The molecular formula is C23H34O4. The summed E-state index contributed by atoms with van der Waals surface area (Å²) in [5, 5.41) is 10.1. The molecule has 4 aliphatic carbocycles. The molecule has 0 unspecified atom stereocenters. The fourth-order valence-electron chi connectivity index (χ4n) is 7.44. The number of carbonyl (C=O) groups is 2. The van der Waals surface area contributed by atoms with E-state index >= 15 is 0 Å². The van der Waals surface area contributed by atoms with Gasteiger partial charge in [0.15, 0.2) is 5.78 Å². The minimum atomic E-state index is -0.371. The largest absolute Gasteiger partial charge is 0.458 e. The van der Waals surface area contributed by atoms with Crippen molar-refractivity contribution >= 4 is 11.8 Å². The van der Waals surface area contributed by atoms with E-state index in [4.69, 9.17) is 4.74 Å². The number of ether oxygens (including phenoxy) is 1. The summed E-state index contributed by atoms with van der Waals surface area (Å²) in [4.78, 5) is 23.9. The summed E-state index contributed by atoms with van der Waals surface area (Å²) < 4.78 is 5.02. The Morgan fingerprint density at radius 3 is 2.67 bits per heavy atom. The second kappa shape index (κ2) is 6.72. The van der Waals surface area contributed by atoms with Gasteiger partial charge in [-0.3, -0.25) is 9.59 Å². The van der Waals surface area contributed by atoms with Gasteiger partial charge in [-0.1, -0.05) is 25.5 Å². The fraction of sp³-hybridized carbons (Fsp3) is 0.826. The van der Waals surface area contributed by atoms with Crippen LogP contribution in [0.2, 0.25) is 0 Å². The molecule has 4 heteroatoms. The lowest BCUT2D eigenvalue weighted by molar-refractivity contribution is -0.149. The number of ketones is 1. The van der Waals surface area contributed by atoms with E-state index in [1.807, 2.05) is 0 Å². The van der Waals surface area contributed by atoms with Gasteiger partial charge in [-0.05, 0) is 80.0 Å². The van der Waals surface area contributed by atoms with Gasteiger partial charge in [-0.2, -0.15) is 0 Å².